The van der Waals surface area contributed by atoms with Crippen molar-refractivity contribution in [1.29, 1.82) is 0 Å². The van der Waals surface area contributed by atoms with Crippen molar-refractivity contribution in [2.75, 3.05) is 20.6 Å². The lowest BCUT2D eigenvalue weighted by molar-refractivity contribution is -0.137. The van der Waals surface area contributed by atoms with Crippen molar-refractivity contribution in [1.82, 2.24) is 9.47 Å². The maximum Gasteiger partial charge on any atom is 0.418 e. The Kier molecular flexibility index (Phi) is 5.65. The molecule has 0 amide bonds. The van der Waals surface area contributed by atoms with Crippen molar-refractivity contribution in [2.45, 2.75) is 19.0 Å². The van der Waals surface area contributed by atoms with Crippen LogP contribution in [0.2, 0.25) is 10.0 Å². The average Bonchev–Trinajstić information content (AvgIpc) is 2.84. The van der Waals surface area contributed by atoms with Gasteiger partial charge in [-0.15, -0.1) is 0 Å². The monoisotopic (exact) mass is 364 g/mol. The normalized spacial score (nSPS) is 12.2. The van der Waals surface area contributed by atoms with Gasteiger partial charge in [-0.05, 0) is 57.7 Å². The van der Waals surface area contributed by atoms with Gasteiger partial charge in [-0.3, -0.25) is 0 Å². The highest BCUT2D eigenvalue weighted by Gasteiger charge is 2.35. The van der Waals surface area contributed by atoms with Crippen LogP contribution in [0.15, 0.2) is 30.5 Å². The summed E-state index contributed by atoms with van der Waals surface area (Å²) in [6.07, 6.45) is -1.45. The van der Waals surface area contributed by atoms with Crippen LogP contribution in [0.5, 0.6) is 0 Å². The number of benzene rings is 1. The molecule has 0 spiro atoms. The molecule has 0 unspecified atom stereocenters. The van der Waals surface area contributed by atoms with Gasteiger partial charge in [0.05, 0.1) is 16.3 Å². The van der Waals surface area contributed by atoms with E-state index in [4.69, 9.17) is 23.2 Å². The van der Waals surface area contributed by atoms with Gasteiger partial charge in [-0.25, -0.2) is 0 Å². The van der Waals surface area contributed by atoms with Gasteiger partial charge in [0.25, 0.3) is 0 Å². The van der Waals surface area contributed by atoms with E-state index in [0.29, 0.717) is 6.42 Å². The van der Waals surface area contributed by atoms with Crippen LogP contribution < -0.4 is 0 Å². The van der Waals surface area contributed by atoms with Crippen LogP contribution in [-0.4, -0.2) is 30.1 Å². The molecule has 0 N–H and O–H groups in total. The molecule has 0 bridgehead atoms. The van der Waals surface area contributed by atoms with E-state index in [2.05, 4.69) is 0 Å². The van der Waals surface area contributed by atoms with E-state index in [-0.39, 0.29) is 15.7 Å². The van der Waals surface area contributed by atoms with Gasteiger partial charge in [0.2, 0.25) is 0 Å². The van der Waals surface area contributed by atoms with E-state index in [9.17, 15) is 13.2 Å². The molecule has 0 saturated carbocycles. The summed E-state index contributed by atoms with van der Waals surface area (Å²) in [6, 6.07) is 5.76. The Bertz CT molecular complexity index is 678. The van der Waals surface area contributed by atoms with Crippen LogP contribution >= 0.6 is 23.2 Å². The Hall–Kier alpha value is -1.17. The molecule has 0 radical (unpaired) electrons. The lowest BCUT2D eigenvalue weighted by Crippen LogP contribution is -2.15. The Morgan fingerprint density at radius 1 is 1.17 bits per heavy atom. The molecule has 2 rings (SSSR count). The van der Waals surface area contributed by atoms with E-state index in [1.165, 1.54) is 10.6 Å². The van der Waals surface area contributed by atoms with Crippen molar-refractivity contribution in [3.8, 4) is 5.69 Å². The van der Waals surface area contributed by atoms with Gasteiger partial charge in [0, 0.05) is 16.9 Å². The van der Waals surface area contributed by atoms with E-state index in [1.807, 2.05) is 19.0 Å². The van der Waals surface area contributed by atoms with Crippen LogP contribution in [0.4, 0.5) is 13.2 Å². The van der Waals surface area contributed by atoms with Crippen molar-refractivity contribution in [3.63, 3.8) is 0 Å². The highest BCUT2D eigenvalue weighted by atomic mass is 35.5. The van der Waals surface area contributed by atoms with Crippen molar-refractivity contribution in [3.05, 3.63) is 51.8 Å². The van der Waals surface area contributed by atoms with Crippen LogP contribution in [0.3, 0.4) is 0 Å². The van der Waals surface area contributed by atoms with Gasteiger partial charge >= 0.3 is 6.18 Å². The third-order valence-electron chi connectivity index (χ3n) is 3.45. The van der Waals surface area contributed by atoms with Gasteiger partial charge in [-0.2, -0.15) is 13.2 Å². The Morgan fingerprint density at radius 2 is 1.87 bits per heavy atom. The van der Waals surface area contributed by atoms with E-state index >= 15 is 0 Å². The van der Waals surface area contributed by atoms with Gasteiger partial charge in [0.15, 0.2) is 0 Å². The second-order valence-corrected chi connectivity index (χ2v) is 6.40. The summed E-state index contributed by atoms with van der Waals surface area (Å²) in [7, 11) is 3.91. The summed E-state index contributed by atoms with van der Waals surface area (Å²) in [5, 5.41) is -0.0535. The maximum absolute atomic E-state index is 13.4. The summed E-state index contributed by atoms with van der Waals surface area (Å²) in [5.41, 5.74) is -0.130. The third-order valence-corrected chi connectivity index (χ3v) is 3.95. The second-order valence-electron chi connectivity index (χ2n) is 5.56. The summed E-state index contributed by atoms with van der Waals surface area (Å²) in [6.45, 7) is 0.853. The van der Waals surface area contributed by atoms with Crippen LogP contribution in [0.25, 0.3) is 5.69 Å². The molecule has 126 valence electrons. The third kappa shape index (κ3) is 4.43. The zero-order valence-electron chi connectivity index (χ0n) is 12.8. The SMILES string of the molecule is CN(C)CCCc1cccn1-c1c(Cl)cc(Cl)cc1C(F)(F)F. The topological polar surface area (TPSA) is 8.17 Å². The Labute approximate surface area is 143 Å². The fourth-order valence-electron chi connectivity index (χ4n) is 2.44. The first-order valence-corrected chi connectivity index (χ1v) is 7.83. The number of aryl methyl sites for hydroxylation is 1. The minimum atomic E-state index is -4.53. The fourth-order valence-corrected chi connectivity index (χ4v) is 3.03. The highest BCUT2D eigenvalue weighted by molar-refractivity contribution is 6.36. The number of nitrogens with zero attached hydrogens (tertiary/aromatic N) is 2. The molecule has 2 nitrogen and oxygen atoms in total. The molecule has 0 aliphatic heterocycles. The molecule has 2 aromatic rings. The minimum Gasteiger partial charge on any atom is -0.319 e. The van der Waals surface area contributed by atoms with E-state index < -0.39 is 11.7 Å². The molecule has 0 saturated heterocycles. The van der Waals surface area contributed by atoms with Crippen LogP contribution in [0.1, 0.15) is 17.7 Å². The lowest BCUT2D eigenvalue weighted by Gasteiger charge is -2.18. The molecule has 1 aromatic carbocycles. The summed E-state index contributed by atoms with van der Waals surface area (Å²) >= 11 is 11.8. The van der Waals surface area contributed by atoms with Crippen molar-refractivity contribution in [2.24, 2.45) is 0 Å². The van der Waals surface area contributed by atoms with Crippen LogP contribution in [0, 0.1) is 0 Å². The predicted octanol–water partition coefficient (Wildman–Crippen LogP) is 5.30. The summed E-state index contributed by atoms with van der Waals surface area (Å²) in [4.78, 5) is 2.03. The van der Waals surface area contributed by atoms with Gasteiger partial charge < -0.3 is 9.47 Å². The first kappa shape index (κ1) is 18.2. The summed E-state index contributed by atoms with van der Waals surface area (Å²) < 4.78 is 41.6. The zero-order chi connectivity index (χ0) is 17.2. The van der Waals surface area contributed by atoms with Crippen molar-refractivity contribution < 1.29 is 13.2 Å². The first-order valence-electron chi connectivity index (χ1n) is 7.07. The first-order chi connectivity index (χ1) is 10.7. The molecule has 7 heteroatoms. The van der Waals surface area contributed by atoms with Gasteiger partial charge in [-0.1, -0.05) is 23.2 Å². The Morgan fingerprint density at radius 3 is 2.48 bits per heavy atom. The standard InChI is InChI=1S/C16H17Cl2F3N2/c1-22(2)7-3-5-12-6-4-8-23(12)15-13(16(19,20)21)9-11(17)10-14(15)18/h4,6,8-10H,3,5,7H2,1-2H3. The number of hydrogen-bond acceptors (Lipinski definition) is 1. The molecular formula is C16H17Cl2F3N2. The van der Waals surface area contributed by atoms with Crippen LogP contribution in [-0.2, 0) is 12.6 Å². The van der Waals surface area contributed by atoms with E-state index in [1.54, 1.807) is 18.3 Å². The number of hydrogen-bond donors (Lipinski definition) is 0. The fraction of sp³-hybridized carbons (Fsp3) is 0.375. The molecule has 0 aliphatic carbocycles. The molecule has 0 fully saturated rings. The summed E-state index contributed by atoms with van der Waals surface area (Å²) in [5.74, 6) is 0. The Balaban J connectivity index is 2.45. The number of halogens is 5. The largest absolute Gasteiger partial charge is 0.418 e. The highest BCUT2D eigenvalue weighted by Crippen LogP contribution is 2.40. The predicted molar refractivity (Wildman–Crippen MR) is 87.7 cm³/mol. The molecular weight excluding hydrogens is 348 g/mol. The smallest absolute Gasteiger partial charge is 0.319 e. The molecule has 1 aromatic heterocycles. The maximum atomic E-state index is 13.4. The quantitative estimate of drug-likeness (QED) is 0.698. The molecule has 0 atom stereocenters. The molecule has 23 heavy (non-hydrogen) atoms. The zero-order valence-corrected chi connectivity index (χ0v) is 14.3. The number of rotatable bonds is 5. The second kappa shape index (κ2) is 7.16. The molecule has 0 aliphatic rings. The average molecular weight is 365 g/mol. The minimum absolute atomic E-state index is 0.0186. The van der Waals surface area contributed by atoms with Crippen molar-refractivity contribution >= 4 is 23.2 Å². The number of alkyl halides is 3. The molecule has 1 heterocycles. The number of aromatic nitrogens is 1. The van der Waals surface area contributed by atoms with Gasteiger partial charge in [0.1, 0.15) is 0 Å². The van der Waals surface area contributed by atoms with E-state index in [0.717, 1.165) is 24.7 Å². The lowest BCUT2D eigenvalue weighted by atomic mass is 10.1.